The van der Waals surface area contributed by atoms with Crippen molar-refractivity contribution < 1.29 is 9.84 Å². The van der Waals surface area contributed by atoms with Crippen LogP contribution in [-0.2, 0) is 11.3 Å². The van der Waals surface area contributed by atoms with Crippen molar-refractivity contribution in [1.29, 1.82) is 0 Å². The van der Waals surface area contributed by atoms with Gasteiger partial charge in [-0.15, -0.1) is 0 Å². The van der Waals surface area contributed by atoms with Crippen LogP contribution in [0.4, 0.5) is 0 Å². The quantitative estimate of drug-likeness (QED) is 0.750. The Morgan fingerprint density at radius 1 is 0.917 bits per heavy atom. The maximum atomic E-state index is 10.5. The standard InChI is InChI=1S/C21H25NO2/c23-16(15-24-17-8-2-1-3-9-17)14-22-20-12-6-4-10-18(20)19-11-5-7-13-21(19)22/h4-7,10-13,16-17,23H,1-3,8-9,14-15H2/t16-/m0/s1. The summed E-state index contributed by atoms with van der Waals surface area (Å²) >= 11 is 0. The highest BCUT2D eigenvalue weighted by molar-refractivity contribution is 6.07. The summed E-state index contributed by atoms with van der Waals surface area (Å²) < 4.78 is 8.18. The van der Waals surface area contributed by atoms with Crippen LogP contribution in [0.5, 0.6) is 0 Å². The van der Waals surface area contributed by atoms with Crippen LogP contribution < -0.4 is 0 Å². The van der Waals surface area contributed by atoms with Crippen molar-refractivity contribution in [2.24, 2.45) is 0 Å². The topological polar surface area (TPSA) is 34.4 Å². The van der Waals surface area contributed by atoms with Crippen molar-refractivity contribution >= 4 is 21.8 Å². The number of aliphatic hydroxyl groups is 1. The maximum Gasteiger partial charge on any atom is 0.0952 e. The van der Waals surface area contributed by atoms with E-state index in [4.69, 9.17) is 4.74 Å². The molecule has 2 aromatic carbocycles. The van der Waals surface area contributed by atoms with Gasteiger partial charge in [0, 0.05) is 21.8 Å². The number of para-hydroxylation sites is 2. The zero-order valence-corrected chi connectivity index (χ0v) is 14.0. The molecule has 0 saturated heterocycles. The minimum atomic E-state index is -0.480. The second kappa shape index (κ2) is 6.96. The minimum Gasteiger partial charge on any atom is -0.389 e. The number of hydrogen-bond acceptors (Lipinski definition) is 2. The summed E-state index contributed by atoms with van der Waals surface area (Å²) in [5.41, 5.74) is 2.35. The number of rotatable bonds is 5. The Bertz CT molecular complexity index is 764. The highest BCUT2D eigenvalue weighted by Gasteiger charge is 2.17. The number of nitrogens with zero attached hydrogens (tertiary/aromatic N) is 1. The highest BCUT2D eigenvalue weighted by atomic mass is 16.5. The second-order valence-electron chi connectivity index (χ2n) is 6.89. The summed E-state index contributed by atoms with van der Waals surface area (Å²) in [6.45, 7) is 0.992. The van der Waals surface area contributed by atoms with Gasteiger partial charge >= 0.3 is 0 Å². The van der Waals surface area contributed by atoms with Crippen LogP contribution in [0.1, 0.15) is 32.1 Å². The molecule has 1 fully saturated rings. The Kier molecular flexibility index (Phi) is 4.54. The Hall–Kier alpha value is -1.84. The molecule has 1 aliphatic rings. The van der Waals surface area contributed by atoms with Crippen molar-refractivity contribution in [3.63, 3.8) is 0 Å². The molecule has 0 radical (unpaired) electrons. The molecule has 1 heterocycles. The summed E-state index contributed by atoms with van der Waals surface area (Å²) in [7, 11) is 0. The highest BCUT2D eigenvalue weighted by Crippen LogP contribution is 2.29. The average molecular weight is 323 g/mol. The van der Waals surface area contributed by atoms with Crippen molar-refractivity contribution in [1.82, 2.24) is 4.57 Å². The number of aliphatic hydroxyl groups excluding tert-OH is 1. The van der Waals surface area contributed by atoms with E-state index in [0.717, 1.165) is 12.8 Å². The number of aromatic nitrogens is 1. The second-order valence-corrected chi connectivity index (χ2v) is 6.89. The van der Waals surface area contributed by atoms with Crippen molar-refractivity contribution in [2.75, 3.05) is 6.61 Å². The van der Waals surface area contributed by atoms with Crippen LogP contribution in [0.15, 0.2) is 48.5 Å². The van der Waals surface area contributed by atoms with Crippen LogP contribution in [0.3, 0.4) is 0 Å². The van der Waals surface area contributed by atoms with E-state index < -0.39 is 6.10 Å². The molecule has 4 rings (SSSR count). The molecule has 1 aliphatic carbocycles. The van der Waals surface area contributed by atoms with Gasteiger partial charge < -0.3 is 14.4 Å². The van der Waals surface area contributed by atoms with Gasteiger partial charge in [0.25, 0.3) is 0 Å². The fraction of sp³-hybridized carbons (Fsp3) is 0.429. The Morgan fingerprint density at radius 2 is 1.50 bits per heavy atom. The molecule has 0 aliphatic heterocycles. The Balaban J connectivity index is 1.54. The summed E-state index contributed by atoms with van der Waals surface area (Å²) in [4.78, 5) is 0. The van der Waals surface area contributed by atoms with Gasteiger partial charge in [0.2, 0.25) is 0 Å². The lowest BCUT2D eigenvalue weighted by Gasteiger charge is -2.23. The lowest BCUT2D eigenvalue weighted by Crippen LogP contribution is -2.26. The largest absolute Gasteiger partial charge is 0.389 e. The average Bonchev–Trinajstić information content (AvgIpc) is 2.95. The Morgan fingerprint density at radius 3 is 2.12 bits per heavy atom. The summed E-state index contributed by atoms with van der Waals surface area (Å²) in [6, 6.07) is 16.8. The molecule has 1 saturated carbocycles. The molecule has 0 bridgehead atoms. The zero-order valence-electron chi connectivity index (χ0n) is 14.0. The maximum absolute atomic E-state index is 10.5. The lowest BCUT2D eigenvalue weighted by atomic mass is 9.98. The van der Waals surface area contributed by atoms with Crippen LogP contribution in [-0.4, -0.2) is 28.5 Å². The van der Waals surface area contributed by atoms with Crippen molar-refractivity contribution in [3.05, 3.63) is 48.5 Å². The lowest BCUT2D eigenvalue weighted by molar-refractivity contribution is -0.0277. The third kappa shape index (κ3) is 3.06. The predicted octanol–water partition coefficient (Wildman–Crippen LogP) is 4.50. The van der Waals surface area contributed by atoms with E-state index in [9.17, 15) is 5.11 Å². The number of ether oxygens (including phenoxy) is 1. The molecular formula is C21H25NO2. The molecule has 0 unspecified atom stereocenters. The van der Waals surface area contributed by atoms with Crippen molar-refractivity contribution in [3.8, 4) is 0 Å². The van der Waals surface area contributed by atoms with Gasteiger partial charge in [0.05, 0.1) is 25.4 Å². The van der Waals surface area contributed by atoms with Gasteiger partial charge in [0.1, 0.15) is 0 Å². The molecule has 0 amide bonds. The van der Waals surface area contributed by atoms with Gasteiger partial charge in [-0.3, -0.25) is 0 Å². The molecule has 24 heavy (non-hydrogen) atoms. The van der Waals surface area contributed by atoms with E-state index in [1.165, 1.54) is 41.1 Å². The first kappa shape index (κ1) is 15.7. The first-order valence-electron chi connectivity index (χ1n) is 9.08. The minimum absolute atomic E-state index is 0.339. The summed E-state index contributed by atoms with van der Waals surface area (Å²) in [6.07, 6.45) is 5.98. The Labute approximate surface area is 142 Å². The van der Waals surface area contributed by atoms with Crippen LogP contribution in [0.2, 0.25) is 0 Å². The summed E-state index contributed by atoms with van der Waals surface area (Å²) in [5, 5.41) is 13.0. The van der Waals surface area contributed by atoms with Gasteiger partial charge in [0.15, 0.2) is 0 Å². The van der Waals surface area contributed by atoms with Crippen LogP contribution in [0, 0.1) is 0 Å². The van der Waals surface area contributed by atoms with Gasteiger partial charge in [-0.25, -0.2) is 0 Å². The monoisotopic (exact) mass is 323 g/mol. The van der Waals surface area contributed by atoms with Crippen LogP contribution >= 0.6 is 0 Å². The molecule has 1 atom stereocenters. The predicted molar refractivity (Wildman–Crippen MR) is 98.3 cm³/mol. The SMILES string of the molecule is O[C@H](COC1CCCCC1)Cn1c2ccccc2c2ccccc21. The van der Waals surface area contributed by atoms with Gasteiger partial charge in [-0.1, -0.05) is 55.7 Å². The third-order valence-electron chi connectivity index (χ3n) is 5.15. The van der Waals surface area contributed by atoms with E-state index in [2.05, 4.69) is 53.1 Å². The van der Waals surface area contributed by atoms with Gasteiger partial charge in [-0.05, 0) is 25.0 Å². The first-order valence-corrected chi connectivity index (χ1v) is 9.08. The van der Waals surface area contributed by atoms with Crippen molar-refractivity contribution in [2.45, 2.75) is 50.9 Å². The molecule has 126 valence electrons. The smallest absolute Gasteiger partial charge is 0.0952 e. The fourth-order valence-corrected chi connectivity index (χ4v) is 3.94. The first-order chi connectivity index (χ1) is 11.8. The fourth-order valence-electron chi connectivity index (χ4n) is 3.94. The van der Waals surface area contributed by atoms with E-state index in [0.29, 0.717) is 19.3 Å². The van der Waals surface area contributed by atoms with E-state index >= 15 is 0 Å². The third-order valence-corrected chi connectivity index (χ3v) is 5.15. The molecule has 3 nitrogen and oxygen atoms in total. The molecule has 3 heteroatoms. The number of fused-ring (bicyclic) bond motifs is 3. The molecule has 3 aromatic rings. The number of hydrogen-bond donors (Lipinski definition) is 1. The van der Waals surface area contributed by atoms with E-state index in [1.54, 1.807) is 0 Å². The normalized spacial score (nSPS) is 17.5. The van der Waals surface area contributed by atoms with Crippen LogP contribution in [0.25, 0.3) is 21.8 Å². The molecule has 1 aromatic heterocycles. The van der Waals surface area contributed by atoms with E-state index in [-0.39, 0.29) is 0 Å². The molecule has 0 spiro atoms. The zero-order chi connectivity index (χ0) is 16.4. The molecule has 1 N–H and O–H groups in total. The number of benzene rings is 2. The van der Waals surface area contributed by atoms with E-state index in [1.807, 2.05) is 0 Å². The summed E-state index contributed by atoms with van der Waals surface area (Å²) in [5.74, 6) is 0. The molecular weight excluding hydrogens is 298 g/mol. The van der Waals surface area contributed by atoms with Gasteiger partial charge in [-0.2, -0.15) is 0 Å².